The third-order valence-corrected chi connectivity index (χ3v) is 5.10. The summed E-state index contributed by atoms with van der Waals surface area (Å²) in [4.78, 5) is 8.64. The molecule has 0 spiro atoms. The van der Waals surface area contributed by atoms with Crippen molar-refractivity contribution >= 4 is 41.6 Å². The van der Waals surface area contributed by atoms with E-state index >= 15 is 0 Å². The van der Waals surface area contributed by atoms with Gasteiger partial charge in [0.25, 0.3) is 0 Å². The normalized spacial score (nSPS) is 10.8. The Morgan fingerprint density at radius 3 is 2.52 bits per heavy atom. The fourth-order valence-corrected chi connectivity index (χ4v) is 3.31. The number of nitriles is 1. The molecule has 0 saturated heterocycles. The zero-order valence-electron chi connectivity index (χ0n) is 16.2. The van der Waals surface area contributed by atoms with Crippen LogP contribution in [0.1, 0.15) is 37.9 Å². The van der Waals surface area contributed by atoms with E-state index in [2.05, 4.69) is 38.1 Å². The van der Waals surface area contributed by atoms with Gasteiger partial charge in [0, 0.05) is 17.0 Å². The molecule has 2 heterocycles. The van der Waals surface area contributed by atoms with Gasteiger partial charge in [-0.05, 0) is 18.1 Å². The predicted molar refractivity (Wildman–Crippen MR) is 118 cm³/mol. The van der Waals surface area contributed by atoms with E-state index in [4.69, 9.17) is 0 Å². The molecule has 3 aromatic rings. The van der Waals surface area contributed by atoms with Gasteiger partial charge in [0.05, 0.1) is 18.1 Å². The van der Waals surface area contributed by atoms with Crippen LogP contribution in [0.25, 0.3) is 11.3 Å². The van der Waals surface area contributed by atoms with Crippen LogP contribution in [0.2, 0.25) is 0 Å². The van der Waals surface area contributed by atoms with Gasteiger partial charge < -0.3 is 10.0 Å². The summed E-state index contributed by atoms with van der Waals surface area (Å²) >= 11 is 1.50. The van der Waals surface area contributed by atoms with Crippen LogP contribution in [0.4, 0.5) is 21.2 Å². The SMILES string of the molecule is CCSNc1ccc(-c2nn(SF)c(Nc3cnc(C(C)C)cn3)c2C#N)cc1. The molecule has 3 rings (SSSR count). The second-order valence-corrected chi connectivity index (χ2v) is 7.90. The lowest BCUT2D eigenvalue weighted by atomic mass is 10.1. The molecule has 0 atom stereocenters. The van der Waals surface area contributed by atoms with Crippen LogP contribution in [0, 0.1) is 11.3 Å². The van der Waals surface area contributed by atoms with Crippen molar-refractivity contribution in [1.29, 1.82) is 5.26 Å². The summed E-state index contributed by atoms with van der Waals surface area (Å²) in [6, 6.07) is 9.59. The highest BCUT2D eigenvalue weighted by atomic mass is 32.2. The second-order valence-electron chi connectivity index (χ2n) is 6.34. The Bertz CT molecular complexity index is 995. The summed E-state index contributed by atoms with van der Waals surface area (Å²) in [6.07, 6.45) is 3.21. The number of halogens is 1. The van der Waals surface area contributed by atoms with Gasteiger partial charge in [0.15, 0.2) is 18.2 Å². The van der Waals surface area contributed by atoms with Crippen molar-refractivity contribution in [3.05, 3.63) is 47.9 Å². The minimum Gasteiger partial charge on any atom is -0.330 e. The van der Waals surface area contributed by atoms with E-state index < -0.39 is 0 Å². The molecule has 0 radical (unpaired) electrons. The first-order valence-corrected chi connectivity index (χ1v) is 10.6. The number of hydrogen-bond acceptors (Lipinski definition) is 8. The van der Waals surface area contributed by atoms with Gasteiger partial charge in [-0.15, -0.1) is 3.89 Å². The molecule has 0 saturated carbocycles. The summed E-state index contributed by atoms with van der Waals surface area (Å²) in [5, 5.41) is 16.9. The van der Waals surface area contributed by atoms with E-state index in [1.54, 1.807) is 24.3 Å². The van der Waals surface area contributed by atoms with Crippen molar-refractivity contribution in [3.8, 4) is 17.3 Å². The third kappa shape index (κ3) is 4.81. The number of nitrogens with one attached hydrogen (secondary N) is 2. The Kier molecular flexibility index (Phi) is 6.95. The molecule has 0 unspecified atom stereocenters. The number of nitrogens with zero attached hydrogens (tertiary/aromatic N) is 5. The van der Waals surface area contributed by atoms with E-state index in [1.807, 2.05) is 38.1 Å². The van der Waals surface area contributed by atoms with Gasteiger partial charge >= 0.3 is 0 Å². The Labute approximate surface area is 177 Å². The average Bonchev–Trinajstić information content (AvgIpc) is 3.10. The minimum atomic E-state index is -0.0899. The summed E-state index contributed by atoms with van der Waals surface area (Å²) in [6.45, 7) is 6.10. The van der Waals surface area contributed by atoms with Crippen molar-refractivity contribution in [2.24, 2.45) is 0 Å². The zero-order valence-corrected chi connectivity index (χ0v) is 17.8. The lowest BCUT2D eigenvalue weighted by Crippen LogP contribution is -2.02. The third-order valence-electron chi connectivity index (χ3n) is 4.04. The van der Waals surface area contributed by atoms with Crippen LogP contribution in [0.15, 0.2) is 36.7 Å². The number of benzene rings is 1. The first-order chi connectivity index (χ1) is 14.1. The van der Waals surface area contributed by atoms with Crippen LogP contribution in [-0.4, -0.2) is 24.9 Å². The second kappa shape index (κ2) is 9.62. The maximum atomic E-state index is 13.5. The van der Waals surface area contributed by atoms with Gasteiger partial charge in [0.2, 0.25) is 0 Å². The van der Waals surface area contributed by atoms with Crippen LogP contribution in [-0.2, 0) is 0 Å². The fraction of sp³-hybridized carbons (Fsp3) is 0.263. The Balaban J connectivity index is 1.92. The Hall–Kier alpha value is -2.77. The Morgan fingerprint density at radius 1 is 1.21 bits per heavy atom. The number of anilines is 3. The lowest BCUT2D eigenvalue weighted by Gasteiger charge is -2.08. The van der Waals surface area contributed by atoms with Gasteiger partial charge in [-0.25, -0.2) is 4.98 Å². The highest BCUT2D eigenvalue weighted by Gasteiger charge is 2.21. The Morgan fingerprint density at radius 2 is 1.97 bits per heavy atom. The molecular weight excluding hydrogens is 409 g/mol. The predicted octanol–water partition coefficient (Wildman–Crippen LogP) is 5.54. The van der Waals surface area contributed by atoms with Gasteiger partial charge in [0.1, 0.15) is 23.1 Å². The van der Waals surface area contributed by atoms with Crippen molar-refractivity contribution in [2.75, 3.05) is 15.8 Å². The smallest absolute Gasteiger partial charge is 0.189 e. The molecule has 2 aromatic heterocycles. The monoisotopic (exact) mass is 429 g/mol. The molecule has 29 heavy (non-hydrogen) atoms. The summed E-state index contributed by atoms with van der Waals surface area (Å²) in [5.41, 5.74) is 3.12. The minimum absolute atomic E-state index is 0.0899. The van der Waals surface area contributed by atoms with Crippen LogP contribution in [0.5, 0.6) is 0 Å². The van der Waals surface area contributed by atoms with E-state index in [-0.39, 0.29) is 29.6 Å². The zero-order chi connectivity index (χ0) is 20.8. The summed E-state index contributed by atoms with van der Waals surface area (Å²) < 4.78 is 17.8. The van der Waals surface area contributed by atoms with Crippen LogP contribution in [0.3, 0.4) is 0 Å². The van der Waals surface area contributed by atoms with E-state index in [0.717, 1.165) is 21.2 Å². The van der Waals surface area contributed by atoms with Gasteiger partial charge in [-0.1, -0.05) is 44.9 Å². The molecule has 0 fully saturated rings. The fourth-order valence-electron chi connectivity index (χ4n) is 2.54. The molecule has 2 N–H and O–H groups in total. The molecule has 1 aromatic carbocycles. The van der Waals surface area contributed by atoms with Crippen molar-refractivity contribution in [3.63, 3.8) is 0 Å². The molecule has 0 amide bonds. The molecule has 150 valence electrons. The van der Waals surface area contributed by atoms with E-state index in [0.29, 0.717) is 17.1 Å². The molecule has 0 bridgehead atoms. The highest BCUT2D eigenvalue weighted by molar-refractivity contribution is 8.00. The number of rotatable bonds is 8. The maximum Gasteiger partial charge on any atom is 0.189 e. The molecule has 0 aliphatic rings. The topological polar surface area (TPSA) is 91.4 Å². The summed E-state index contributed by atoms with van der Waals surface area (Å²) in [5.74, 6) is 1.81. The standard InChI is InChI=1S/C19H20FN7S2/c1-4-28-26-14-7-5-13(6-8-14)18-15(9-21)19(27(25-18)29-20)24-17-11-22-16(10-23-17)12(2)3/h5-8,10-12,26H,4H2,1-3H3,(H,23,24). The van der Waals surface area contributed by atoms with Gasteiger partial charge in [-0.2, -0.15) is 14.4 Å². The van der Waals surface area contributed by atoms with Crippen molar-refractivity contribution in [2.45, 2.75) is 26.7 Å². The first-order valence-electron chi connectivity index (χ1n) is 8.96. The summed E-state index contributed by atoms with van der Waals surface area (Å²) in [7, 11) is 0. The van der Waals surface area contributed by atoms with Crippen LogP contribution < -0.4 is 10.0 Å². The molecule has 7 nitrogen and oxygen atoms in total. The highest BCUT2D eigenvalue weighted by Crippen LogP contribution is 2.33. The first kappa shape index (κ1) is 21.0. The molecule has 10 heteroatoms. The van der Waals surface area contributed by atoms with E-state index in [1.165, 1.54) is 0 Å². The molecule has 0 aliphatic heterocycles. The van der Waals surface area contributed by atoms with E-state index in [9.17, 15) is 9.15 Å². The average molecular weight is 430 g/mol. The van der Waals surface area contributed by atoms with Crippen molar-refractivity contribution < 1.29 is 3.89 Å². The largest absolute Gasteiger partial charge is 0.330 e. The quantitative estimate of drug-likeness (QED) is 0.451. The van der Waals surface area contributed by atoms with Crippen LogP contribution >= 0.6 is 24.3 Å². The molecule has 0 aliphatic carbocycles. The van der Waals surface area contributed by atoms with Crippen molar-refractivity contribution in [1.82, 2.24) is 19.2 Å². The number of hydrogen-bond donors (Lipinski definition) is 2. The number of aromatic nitrogens is 4. The lowest BCUT2D eigenvalue weighted by molar-refractivity contribution is 0.812. The maximum absolute atomic E-state index is 13.5. The van der Waals surface area contributed by atoms with Gasteiger partial charge in [-0.3, -0.25) is 4.98 Å². The molecular formula is C19H20FN7S2.